The molecule has 2 heterocycles. The summed E-state index contributed by atoms with van der Waals surface area (Å²) in [5.41, 5.74) is 4.99. The first-order valence-corrected chi connectivity index (χ1v) is 4.21. The second-order valence-corrected chi connectivity index (χ2v) is 3.04. The summed E-state index contributed by atoms with van der Waals surface area (Å²) in [6.07, 6.45) is 1.44. The Labute approximate surface area is 79.5 Å². The Morgan fingerprint density at radius 2 is 2.50 bits per heavy atom. The van der Waals surface area contributed by atoms with Crippen LogP contribution in [0.15, 0.2) is 6.33 Å². The van der Waals surface area contributed by atoms with Crippen LogP contribution in [0.1, 0.15) is 29.7 Å². The van der Waals surface area contributed by atoms with E-state index in [0.717, 1.165) is 0 Å². The van der Waals surface area contributed by atoms with Gasteiger partial charge in [0.2, 0.25) is 5.82 Å². The minimum absolute atomic E-state index is 0.0463. The number of hydrogen-bond donors (Lipinski definition) is 2. The summed E-state index contributed by atoms with van der Waals surface area (Å²) in [6, 6.07) is 0. The molecule has 76 valence electrons. The monoisotopic (exact) mass is 198 g/mol. The third kappa shape index (κ3) is 1.59. The average Bonchev–Trinajstić information content (AvgIpc) is 2.70. The second kappa shape index (κ2) is 3.35. The fourth-order valence-electron chi connectivity index (χ4n) is 1.32. The lowest BCUT2D eigenvalue weighted by Gasteiger charge is -2.08. The van der Waals surface area contributed by atoms with Crippen molar-refractivity contribution in [1.29, 1.82) is 0 Å². The van der Waals surface area contributed by atoms with Crippen LogP contribution < -0.4 is 5.73 Å². The van der Waals surface area contributed by atoms with Crippen LogP contribution in [-0.2, 0) is 4.74 Å². The third-order valence-corrected chi connectivity index (χ3v) is 2.00. The lowest BCUT2D eigenvalue weighted by molar-refractivity contribution is -0.116. The Morgan fingerprint density at radius 3 is 3.00 bits per heavy atom. The molecule has 2 unspecified atom stereocenters. The molecule has 14 heavy (non-hydrogen) atoms. The van der Waals surface area contributed by atoms with Crippen LogP contribution in [0.4, 0.5) is 0 Å². The summed E-state index contributed by atoms with van der Waals surface area (Å²) in [6.45, 7) is 0. The van der Waals surface area contributed by atoms with E-state index < -0.39 is 12.2 Å². The van der Waals surface area contributed by atoms with Gasteiger partial charge in [-0.15, -0.1) is 5.10 Å². The molecule has 1 aliphatic heterocycles. The van der Waals surface area contributed by atoms with E-state index in [-0.39, 0.29) is 12.1 Å². The highest BCUT2D eigenvalue weighted by Crippen LogP contribution is 2.25. The van der Waals surface area contributed by atoms with Crippen molar-refractivity contribution in [3.63, 3.8) is 0 Å². The molecule has 1 aromatic rings. The smallest absolute Gasteiger partial charge is 0.288 e. The first-order chi connectivity index (χ1) is 6.66. The van der Waals surface area contributed by atoms with Crippen molar-refractivity contribution >= 4 is 5.91 Å². The molecule has 1 amide bonds. The number of aliphatic hydroxyl groups excluding tert-OH is 1. The number of carbonyl (C=O) groups is 1. The zero-order valence-electron chi connectivity index (χ0n) is 7.33. The van der Waals surface area contributed by atoms with Crippen LogP contribution in [0.25, 0.3) is 0 Å². The molecule has 0 aliphatic carbocycles. The molecule has 1 aromatic heterocycles. The molecule has 1 fully saturated rings. The number of carbonyl (C=O) groups excluding carboxylic acids is 1. The van der Waals surface area contributed by atoms with Crippen LogP contribution >= 0.6 is 0 Å². The molecule has 7 nitrogen and oxygen atoms in total. The summed E-state index contributed by atoms with van der Waals surface area (Å²) in [4.78, 5) is 14.4. The maximum atomic E-state index is 10.7. The molecule has 2 rings (SSSR count). The van der Waals surface area contributed by atoms with Crippen molar-refractivity contribution < 1.29 is 14.6 Å². The summed E-state index contributed by atoms with van der Waals surface area (Å²) in [5, 5.41) is 12.9. The topological polar surface area (TPSA) is 103 Å². The number of nitrogens with zero attached hydrogens (tertiary/aromatic N) is 3. The Bertz CT molecular complexity index is 350. The molecule has 0 saturated carbocycles. The third-order valence-electron chi connectivity index (χ3n) is 2.00. The van der Waals surface area contributed by atoms with E-state index in [1.807, 2.05) is 0 Å². The average molecular weight is 198 g/mol. The molecule has 7 heteroatoms. The van der Waals surface area contributed by atoms with Crippen molar-refractivity contribution in [3.05, 3.63) is 12.2 Å². The fraction of sp³-hybridized carbons (Fsp3) is 0.571. The predicted molar refractivity (Wildman–Crippen MR) is 43.9 cm³/mol. The summed E-state index contributed by atoms with van der Waals surface area (Å²) in [5.74, 6) is -0.725. The van der Waals surface area contributed by atoms with Gasteiger partial charge in [0.1, 0.15) is 6.33 Å². The summed E-state index contributed by atoms with van der Waals surface area (Å²) >= 11 is 0. The summed E-state index contributed by atoms with van der Waals surface area (Å²) in [7, 11) is 0. The van der Waals surface area contributed by atoms with Crippen molar-refractivity contribution in [2.45, 2.75) is 25.4 Å². The standard InChI is InChI=1S/C7H10N4O3/c8-6(13)7-9-3-11(10-7)4-1-2-5(12)14-4/h3-5,12H,1-2H2,(H2,8,13). The van der Waals surface area contributed by atoms with Crippen molar-refractivity contribution in [1.82, 2.24) is 14.8 Å². The number of aliphatic hydroxyl groups is 1. The first kappa shape index (κ1) is 9.10. The number of hydrogen-bond acceptors (Lipinski definition) is 5. The SMILES string of the molecule is NC(=O)c1ncn(C2CCC(O)O2)n1. The Kier molecular flexibility index (Phi) is 2.18. The van der Waals surface area contributed by atoms with Crippen molar-refractivity contribution in [2.24, 2.45) is 5.73 Å². The zero-order valence-corrected chi connectivity index (χ0v) is 7.33. The molecule has 0 bridgehead atoms. The molecule has 1 saturated heterocycles. The van der Waals surface area contributed by atoms with Gasteiger partial charge in [0.25, 0.3) is 5.91 Å². The maximum absolute atomic E-state index is 10.7. The molecular weight excluding hydrogens is 188 g/mol. The van der Waals surface area contributed by atoms with Gasteiger partial charge >= 0.3 is 0 Å². The minimum Gasteiger partial charge on any atom is -0.368 e. The van der Waals surface area contributed by atoms with Gasteiger partial charge in [0.05, 0.1) is 0 Å². The lowest BCUT2D eigenvalue weighted by Crippen LogP contribution is -2.15. The number of nitrogens with two attached hydrogens (primary N) is 1. The van der Waals surface area contributed by atoms with Crippen LogP contribution in [-0.4, -0.2) is 32.1 Å². The lowest BCUT2D eigenvalue weighted by atomic mass is 10.3. The Balaban J connectivity index is 2.13. The predicted octanol–water partition coefficient (Wildman–Crippen LogP) is -0.996. The van der Waals surface area contributed by atoms with Crippen molar-refractivity contribution in [2.75, 3.05) is 0 Å². The van der Waals surface area contributed by atoms with E-state index in [0.29, 0.717) is 12.8 Å². The molecular formula is C7H10N4O3. The van der Waals surface area contributed by atoms with E-state index in [9.17, 15) is 4.79 Å². The molecule has 0 aromatic carbocycles. The van der Waals surface area contributed by atoms with Crippen LogP contribution in [0.5, 0.6) is 0 Å². The highest BCUT2D eigenvalue weighted by atomic mass is 16.6. The van der Waals surface area contributed by atoms with E-state index in [4.69, 9.17) is 15.6 Å². The Morgan fingerprint density at radius 1 is 1.71 bits per heavy atom. The van der Waals surface area contributed by atoms with Gasteiger partial charge in [0, 0.05) is 6.42 Å². The molecule has 2 atom stereocenters. The summed E-state index contributed by atoms with van der Waals surface area (Å²) < 4.78 is 6.49. The minimum atomic E-state index is -0.763. The highest BCUT2D eigenvalue weighted by Gasteiger charge is 2.25. The van der Waals surface area contributed by atoms with Crippen LogP contribution in [0, 0.1) is 0 Å². The van der Waals surface area contributed by atoms with Gasteiger partial charge < -0.3 is 15.6 Å². The van der Waals surface area contributed by atoms with E-state index in [1.54, 1.807) is 0 Å². The largest absolute Gasteiger partial charge is 0.368 e. The quantitative estimate of drug-likeness (QED) is 0.634. The Hall–Kier alpha value is -1.47. The first-order valence-electron chi connectivity index (χ1n) is 4.21. The maximum Gasteiger partial charge on any atom is 0.288 e. The fourth-order valence-corrected chi connectivity index (χ4v) is 1.32. The number of amides is 1. The number of ether oxygens (including phenoxy) is 1. The van der Waals surface area contributed by atoms with Gasteiger partial charge in [-0.25, -0.2) is 9.67 Å². The second-order valence-electron chi connectivity index (χ2n) is 3.04. The zero-order chi connectivity index (χ0) is 10.1. The normalized spacial score (nSPS) is 26.6. The van der Waals surface area contributed by atoms with E-state index in [2.05, 4.69) is 10.1 Å². The molecule has 1 aliphatic rings. The van der Waals surface area contributed by atoms with Crippen LogP contribution in [0.2, 0.25) is 0 Å². The van der Waals surface area contributed by atoms with Crippen molar-refractivity contribution in [3.8, 4) is 0 Å². The highest BCUT2D eigenvalue weighted by molar-refractivity contribution is 5.88. The van der Waals surface area contributed by atoms with Gasteiger partial charge in [0.15, 0.2) is 12.5 Å². The number of aromatic nitrogens is 3. The van der Waals surface area contributed by atoms with Gasteiger partial charge in [-0.05, 0) is 6.42 Å². The van der Waals surface area contributed by atoms with Crippen LogP contribution in [0.3, 0.4) is 0 Å². The van der Waals surface area contributed by atoms with E-state index in [1.165, 1.54) is 11.0 Å². The molecule has 0 radical (unpaired) electrons. The number of primary amides is 1. The van der Waals surface area contributed by atoms with Gasteiger partial charge in [-0.3, -0.25) is 4.79 Å². The molecule has 3 N–H and O–H groups in total. The van der Waals surface area contributed by atoms with Gasteiger partial charge in [-0.1, -0.05) is 0 Å². The van der Waals surface area contributed by atoms with Gasteiger partial charge in [-0.2, -0.15) is 0 Å². The molecule has 0 spiro atoms. The number of rotatable bonds is 2. The van der Waals surface area contributed by atoms with E-state index >= 15 is 0 Å².